The van der Waals surface area contributed by atoms with E-state index < -0.39 is 5.72 Å². The van der Waals surface area contributed by atoms with Gasteiger partial charge in [-0.05, 0) is 50.8 Å². The number of piperidine rings is 1. The molecule has 1 unspecified atom stereocenters. The Hall–Kier alpha value is -1.92. The number of nitrogens with zero attached hydrogens (tertiary/aromatic N) is 2. The molecule has 2 aliphatic heterocycles. The SMILES string of the molecule is CC(C)N1CCOC1(COc1ccc(CCN2CCC(O)CC2)cc1)c1ccccc1. The third-order valence-corrected chi connectivity index (χ3v) is 6.62. The molecule has 1 atom stereocenters. The van der Waals surface area contributed by atoms with E-state index in [9.17, 15) is 5.11 Å². The third kappa shape index (κ3) is 5.29. The molecule has 2 fully saturated rings. The number of likely N-dealkylation sites (tertiary alicyclic amines) is 1. The number of aliphatic hydroxyl groups is 1. The van der Waals surface area contributed by atoms with E-state index in [1.807, 2.05) is 6.07 Å². The number of rotatable bonds is 8. The number of hydrogen-bond donors (Lipinski definition) is 1. The molecule has 5 heteroatoms. The quantitative estimate of drug-likeness (QED) is 0.701. The molecular formula is C26H36N2O3. The van der Waals surface area contributed by atoms with Crippen molar-refractivity contribution in [3.05, 3.63) is 65.7 Å². The van der Waals surface area contributed by atoms with Crippen LogP contribution in [0.3, 0.4) is 0 Å². The average molecular weight is 425 g/mol. The van der Waals surface area contributed by atoms with E-state index in [4.69, 9.17) is 9.47 Å². The first-order valence-electron chi connectivity index (χ1n) is 11.7. The minimum absolute atomic E-state index is 0.109. The van der Waals surface area contributed by atoms with Gasteiger partial charge in [-0.25, -0.2) is 0 Å². The summed E-state index contributed by atoms with van der Waals surface area (Å²) in [6.45, 7) is 9.54. The largest absolute Gasteiger partial charge is 0.489 e. The third-order valence-electron chi connectivity index (χ3n) is 6.62. The zero-order chi connectivity index (χ0) is 21.7. The normalized spacial score (nSPS) is 23.5. The fourth-order valence-electron chi connectivity index (χ4n) is 4.77. The number of benzene rings is 2. The highest BCUT2D eigenvalue weighted by Crippen LogP contribution is 2.36. The van der Waals surface area contributed by atoms with Crippen LogP contribution in [0, 0.1) is 0 Å². The van der Waals surface area contributed by atoms with Gasteiger partial charge in [-0.15, -0.1) is 0 Å². The summed E-state index contributed by atoms with van der Waals surface area (Å²) in [6.07, 6.45) is 2.70. The summed E-state index contributed by atoms with van der Waals surface area (Å²) in [6, 6.07) is 19.3. The molecule has 2 heterocycles. The van der Waals surface area contributed by atoms with Gasteiger partial charge in [0.25, 0.3) is 0 Å². The highest BCUT2D eigenvalue weighted by Gasteiger charge is 2.46. The van der Waals surface area contributed by atoms with Crippen molar-refractivity contribution in [1.29, 1.82) is 0 Å². The predicted octanol–water partition coefficient (Wildman–Crippen LogP) is 3.66. The summed E-state index contributed by atoms with van der Waals surface area (Å²) in [5.41, 5.74) is 1.91. The molecule has 2 aromatic rings. The highest BCUT2D eigenvalue weighted by atomic mass is 16.6. The van der Waals surface area contributed by atoms with Crippen LogP contribution >= 0.6 is 0 Å². The van der Waals surface area contributed by atoms with Crippen LogP contribution in [0.4, 0.5) is 0 Å². The minimum Gasteiger partial charge on any atom is -0.489 e. The van der Waals surface area contributed by atoms with E-state index in [-0.39, 0.29) is 6.10 Å². The molecule has 0 aromatic heterocycles. The van der Waals surface area contributed by atoms with E-state index in [0.29, 0.717) is 19.3 Å². The van der Waals surface area contributed by atoms with E-state index in [2.05, 4.69) is 72.2 Å². The van der Waals surface area contributed by atoms with Gasteiger partial charge in [0.15, 0.2) is 5.72 Å². The summed E-state index contributed by atoms with van der Waals surface area (Å²) < 4.78 is 12.6. The lowest BCUT2D eigenvalue weighted by Crippen LogP contribution is -2.50. The van der Waals surface area contributed by atoms with Crippen molar-refractivity contribution >= 4 is 0 Å². The Morgan fingerprint density at radius 3 is 2.42 bits per heavy atom. The van der Waals surface area contributed by atoms with Gasteiger partial charge in [0.05, 0.1) is 12.7 Å². The van der Waals surface area contributed by atoms with Gasteiger partial charge in [-0.2, -0.15) is 0 Å². The van der Waals surface area contributed by atoms with E-state index in [1.54, 1.807) is 0 Å². The second-order valence-electron chi connectivity index (χ2n) is 9.04. The lowest BCUT2D eigenvalue weighted by molar-refractivity contribution is -0.126. The first-order chi connectivity index (χ1) is 15.1. The minimum atomic E-state index is -0.549. The summed E-state index contributed by atoms with van der Waals surface area (Å²) in [7, 11) is 0. The van der Waals surface area contributed by atoms with Crippen LogP contribution in [0.1, 0.15) is 37.8 Å². The maximum absolute atomic E-state index is 9.66. The molecule has 0 aliphatic carbocycles. The molecule has 0 radical (unpaired) electrons. The van der Waals surface area contributed by atoms with Crippen LogP contribution in [0.25, 0.3) is 0 Å². The van der Waals surface area contributed by atoms with Gasteiger partial charge in [-0.1, -0.05) is 42.5 Å². The molecule has 0 amide bonds. The smallest absolute Gasteiger partial charge is 0.182 e. The van der Waals surface area contributed by atoms with Crippen LogP contribution in [0.2, 0.25) is 0 Å². The van der Waals surface area contributed by atoms with Crippen molar-refractivity contribution in [2.24, 2.45) is 0 Å². The fraction of sp³-hybridized carbons (Fsp3) is 0.538. The molecule has 2 saturated heterocycles. The number of aliphatic hydroxyl groups excluding tert-OH is 1. The van der Waals surface area contributed by atoms with Crippen molar-refractivity contribution in [2.75, 3.05) is 39.4 Å². The van der Waals surface area contributed by atoms with Crippen LogP contribution in [-0.2, 0) is 16.9 Å². The van der Waals surface area contributed by atoms with Gasteiger partial charge in [-0.3, -0.25) is 4.90 Å². The van der Waals surface area contributed by atoms with Crippen molar-refractivity contribution in [2.45, 2.75) is 51.0 Å². The molecular weight excluding hydrogens is 388 g/mol. The molecule has 1 N–H and O–H groups in total. The van der Waals surface area contributed by atoms with Crippen molar-refractivity contribution < 1.29 is 14.6 Å². The predicted molar refractivity (Wildman–Crippen MR) is 123 cm³/mol. The standard InChI is InChI=1S/C26H36N2O3/c1-21(2)28-18-19-31-26(28,23-6-4-3-5-7-23)20-30-25-10-8-22(9-11-25)12-15-27-16-13-24(29)14-17-27/h3-11,21,24,29H,12-20H2,1-2H3. The van der Waals surface area contributed by atoms with Crippen molar-refractivity contribution in [3.8, 4) is 5.75 Å². The maximum Gasteiger partial charge on any atom is 0.182 e. The molecule has 5 nitrogen and oxygen atoms in total. The Labute approximate surface area is 186 Å². The summed E-state index contributed by atoms with van der Waals surface area (Å²) in [5, 5.41) is 9.66. The van der Waals surface area contributed by atoms with Crippen LogP contribution in [0.15, 0.2) is 54.6 Å². The average Bonchev–Trinajstić information content (AvgIpc) is 3.24. The van der Waals surface area contributed by atoms with E-state index >= 15 is 0 Å². The maximum atomic E-state index is 9.66. The van der Waals surface area contributed by atoms with Crippen LogP contribution in [0.5, 0.6) is 5.75 Å². The Morgan fingerprint density at radius 2 is 1.74 bits per heavy atom. The highest BCUT2D eigenvalue weighted by molar-refractivity contribution is 5.29. The molecule has 0 spiro atoms. The van der Waals surface area contributed by atoms with E-state index in [1.165, 1.54) is 5.56 Å². The van der Waals surface area contributed by atoms with Gasteiger partial charge >= 0.3 is 0 Å². The van der Waals surface area contributed by atoms with E-state index in [0.717, 1.165) is 56.8 Å². The van der Waals surface area contributed by atoms with Gasteiger partial charge in [0.2, 0.25) is 0 Å². The zero-order valence-corrected chi connectivity index (χ0v) is 18.9. The molecule has 168 valence electrons. The fourth-order valence-corrected chi connectivity index (χ4v) is 4.77. The topological polar surface area (TPSA) is 45.2 Å². The summed E-state index contributed by atoms with van der Waals surface area (Å²) in [5.74, 6) is 0.874. The number of ether oxygens (including phenoxy) is 2. The molecule has 0 saturated carbocycles. The first kappa shape index (κ1) is 22.3. The Morgan fingerprint density at radius 1 is 1.03 bits per heavy atom. The monoisotopic (exact) mass is 424 g/mol. The zero-order valence-electron chi connectivity index (χ0n) is 18.9. The van der Waals surface area contributed by atoms with Gasteiger partial charge < -0.3 is 19.5 Å². The van der Waals surface area contributed by atoms with Crippen molar-refractivity contribution in [3.63, 3.8) is 0 Å². The Balaban J connectivity index is 1.38. The molecule has 31 heavy (non-hydrogen) atoms. The van der Waals surface area contributed by atoms with Crippen molar-refractivity contribution in [1.82, 2.24) is 9.80 Å². The molecule has 4 rings (SSSR count). The Bertz CT molecular complexity index is 803. The second kappa shape index (κ2) is 10.1. The summed E-state index contributed by atoms with van der Waals surface area (Å²) >= 11 is 0. The number of hydrogen-bond acceptors (Lipinski definition) is 5. The first-order valence-corrected chi connectivity index (χ1v) is 11.7. The molecule has 2 aromatic carbocycles. The van der Waals surface area contributed by atoms with Crippen LogP contribution in [-0.4, -0.2) is 66.4 Å². The van der Waals surface area contributed by atoms with Gasteiger partial charge in [0, 0.05) is 37.8 Å². The Kier molecular flexibility index (Phi) is 7.28. The second-order valence-corrected chi connectivity index (χ2v) is 9.04. The lowest BCUT2D eigenvalue weighted by atomic mass is 10.0. The molecule has 0 bridgehead atoms. The van der Waals surface area contributed by atoms with Crippen LogP contribution < -0.4 is 4.74 Å². The lowest BCUT2D eigenvalue weighted by Gasteiger charge is -2.39. The molecule has 2 aliphatic rings. The summed E-state index contributed by atoms with van der Waals surface area (Å²) in [4.78, 5) is 4.84. The van der Waals surface area contributed by atoms with Gasteiger partial charge in [0.1, 0.15) is 12.4 Å².